The summed E-state index contributed by atoms with van der Waals surface area (Å²) in [7, 11) is 2.07. The van der Waals surface area contributed by atoms with Gasteiger partial charge < -0.3 is 19.6 Å². The molecule has 8 heteroatoms. The minimum Gasteiger partial charge on any atom is -0.336 e. The smallest absolute Gasteiger partial charge is 0.255 e. The number of carbonyl (C=O) groups excluding carboxylic acids is 3. The number of amides is 3. The summed E-state index contributed by atoms with van der Waals surface area (Å²) in [5.41, 5.74) is 1.42. The maximum atomic E-state index is 13.0. The Hall–Kier alpha value is -2.48. The van der Waals surface area contributed by atoms with Crippen molar-refractivity contribution in [3.05, 3.63) is 29.6 Å². The Morgan fingerprint density at radius 2 is 1.81 bits per heavy atom. The lowest BCUT2D eigenvalue weighted by atomic mass is 10.1. The third-order valence-electron chi connectivity index (χ3n) is 6.74. The van der Waals surface area contributed by atoms with Gasteiger partial charge >= 0.3 is 0 Å². The van der Waals surface area contributed by atoms with E-state index in [4.69, 9.17) is 0 Å². The molecule has 0 bridgehead atoms. The molecule has 0 saturated carbocycles. The van der Waals surface area contributed by atoms with Crippen molar-refractivity contribution in [3.8, 4) is 0 Å². The van der Waals surface area contributed by atoms with Crippen LogP contribution in [0.3, 0.4) is 0 Å². The predicted molar refractivity (Wildman–Crippen MR) is 116 cm³/mol. The van der Waals surface area contributed by atoms with E-state index in [1.54, 1.807) is 11.1 Å². The van der Waals surface area contributed by atoms with Crippen molar-refractivity contribution in [2.24, 2.45) is 0 Å². The van der Waals surface area contributed by atoms with E-state index in [0.717, 1.165) is 64.0 Å². The lowest BCUT2D eigenvalue weighted by Gasteiger charge is -2.32. The van der Waals surface area contributed by atoms with Crippen molar-refractivity contribution in [3.63, 3.8) is 0 Å². The lowest BCUT2D eigenvalue weighted by molar-refractivity contribution is -0.140. The van der Waals surface area contributed by atoms with Gasteiger partial charge in [-0.05, 0) is 44.9 Å². The molecule has 3 saturated heterocycles. The quantitative estimate of drug-likeness (QED) is 0.728. The molecule has 1 aromatic heterocycles. The van der Waals surface area contributed by atoms with Crippen LogP contribution in [-0.4, -0.2) is 95.2 Å². The molecule has 3 fully saturated rings. The Balaban J connectivity index is 1.39. The molecule has 0 aromatic carbocycles. The fourth-order valence-corrected chi connectivity index (χ4v) is 4.75. The number of likely N-dealkylation sites (N-methyl/N-ethyl adjacent to an activating group) is 1. The molecule has 3 aliphatic heterocycles. The SMILES string of the molecule is CN1CCN(C(=O)c2ccc(C3CCCN3C(=O)CN3CCCCCC3=O)nc2)CC1. The zero-order valence-electron chi connectivity index (χ0n) is 18.5. The Bertz CT molecular complexity index is 804. The first-order valence-electron chi connectivity index (χ1n) is 11.5. The molecule has 8 nitrogen and oxygen atoms in total. The van der Waals surface area contributed by atoms with E-state index in [2.05, 4.69) is 16.9 Å². The molecule has 168 valence electrons. The normalized spacial score (nSPS) is 23.2. The third-order valence-corrected chi connectivity index (χ3v) is 6.74. The van der Waals surface area contributed by atoms with Crippen LogP contribution in [-0.2, 0) is 9.59 Å². The van der Waals surface area contributed by atoms with Crippen LogP contribution in [0.2, 0.25) is 0 Å². The second-order valence-electron chi connectivity index (χ2n) is 8.94. The Morgan fingerprint density at radius 3 is 2.55 bits per heavy atom. The van der Waals surface area contributed by atoms with Crippen LogP contribution >= 0.6 is 0 Å². The lowest BCUT2D eigenvalue weighted by Crippen LogP contribution is -2.47. The number of hydrogen-bond acceptors (Lipinski definition) is 5. The van der Waals surface area contributed by atoms with Crippen LogP contribution < -0.4 is 0 Å². The summed E-state index contributed by atoms with van der Waals surface area (Å²) in [5.74, 6) is 0.106. The van der Waals surface area contributed by atoms with Crippen LogP contribution in [0, 0.1) is 0 Å². The highest BCUT2D eigenvalue weighted by molar-refractivity contribution is 5.94. The number of aromatic nitrogens is 1. The van der Waals surface area contributed by atoms with Gasteiger partial charge in [0.15, 0.2) is 0 Å². The molecule has 31 heavy (non-hydrogen) atoms. The number of nitrogens with zero attached hydrogens (tertiary/aromatic N) is 5. The maximum Gasteiger partial charge on any atom is 0.255 e. The number of rotatable bonds is 4. The second-order valence-corrected chi connectivity index (χ2v) is 8.94. The van der Waals surface area contributed by atoms with E-state index < -0.39 is 0 Å². The van der Waals surface area contributed by atoms with E-state index in [-0.39, 0.29) is 30.3 Å². The first-order chi connectivity index (χ1) is 15.0. The molecule has 1 aromatic rings. The van der Waals surface area contributed by atoms with Crippen LogP contribution in [0.1, 0.15) is 60.6 Å². The first kappa shape index (κ1) is 21.7. The third kappa shape index (κ3) is 5.06. The Kier molecular flexibility index (Phi) is 6.85. The number of likely N-dealkylation sites (tertiary alicyclic amines) is 2. The summed E-state index contributed by atoms with van der Waals surface area (Å²) in [6.07, 6.45) is 6.90. The van der Waals surface area contributed by atoms with E-state index in [0.29, 0.717) is 25.1 Å². The average molecular weight is 428 g/mol. The molecular formula is C23H33N5O3. The summed E-state index contributed by atoms with van der Waals surface area (Å²) in [6.45, 7) is 4.76. The highest BCUT2D eigenvalue weighted by Crippen LogP contribution is 2.31. The van der Waals surface area contributed by atoms with Crippen molar-refractivity contribution in [2.45, 2.75) is 44.6 Å². The average Bonchev–Trinajstić information content (AvgIpc) is 3.19. The second kappa shape index (κ2) is 9.77. The van der Waals surface area contributed by atoms with Gasteiger partial charge in [0.05, 0.1) is 23.8 Å². The molecule has 4 rings (SSSR count). The predicted octanol–water partition coefficient (Wildman–Crippen LogP) is 1.54. The number of hydrogen-bond donors (Lipinski definition) is 0. The van der Waals surface area contributed by atoms with Gasteiger partial charge in [-0.15, -0.1) is 0 Å². The highest BCUT2D eigenvalue weighted by Gasteiger charge is 2.33. The van der Waals surface area contributed by atoms with E-state index in [1.165, 1.54) is 0 Å². The van der Waals surface area contributed by atoms with Gasteiger partial charge in [-0.25, -0.2) is 0 Å². The van der Waals surface area contributed by atoms with Crippen molar-refractivity contribution >= 4 is 17.7 Å². The Labute approximate surface area is 184 Å². The summed E-state index contributed by atoms with van der Waals surface area (Å²) in [6, 6.07) is 3.64. The van der Waals surface area contributed by atoms with Gasteiger partial charge in [-0.3, -0.25) is 19.4 Å². The zero-order valence-corrected chi connectivity index (χ0v) is 18.5. The van der Waals surface area contributed by atoms with E-state index in [9.17, 15) is 14.4 Å². The van der Waals surface area contributed by atoms with Crippen LogP contribution in [0.4, 0.5) is 0 Å². The number of pyridine rings is 1. The minimum atomic E-state index is -0.0811. The van der Waals surface area contributed by atoms with Crippen LogP contribution in [0.5, 0.6) is 0 Å². The molecule has 1 atom stereocenters. The summed E-state index contributed by atoms with van der Waals surface area (Å²) >= 11 is 0. The van der Waals surface area contributed by atoms with Gasteiger partial charge in [0.25, 0.3) is 5.91 Å². The molecule has 0 spiro atoms. The van der Waals surface area contributed by atoms with Crippen molar-refractivity contribution in [1.29, 1.82) is 0 Å². The van der Waals surface area contributed by atoms with Gasteiger partial charge in [0.2, 0.25) is 11.8 Å². The number of piperazine rings is 1. The number of carbonyl (C=O) groups is 3. The largest absolute Gasteiger partial charge is 0.336 e. The van der Waals surface area contributed by atoms with E-state index in [1.807, 2.05) is 21.9 Å². The molecular weight excluding hydrogens is 394 g/mol. The molecule has 4 heterocycles. The summed E-state index contributed by atoms with van der Waals surface area (Å²) < 4.78 is 0. The van der Waals surface area contributed by atoms with Crippen LogP contribution in [0.25, 0.3) is 0 Å². The van der Waals surface area contributed by atoms with Gasteiger partial charge in [-0.2, -0.15) is 0 Å². The monoisotopic (exact) mass is 427 g/mol. The molecule has 0 radical (unpaired) electrons. The molecule has 0 N–H and O–H groups in total. The van der Waals surface area contributed by atoms with Gasteiger partial charge in [0.1, 0.15) is 0 Å². The molecule has 3 aliphatic rings. The molecule has 0 aliphatic carbocycles. The fourth-order valence-electron chi connectivity index (χ4n) is 4.75. The first-order valence-corrected chi connectivity index (χ1v) is 11.5. The maximum absolute atomic E-state index is 13.0. The summed E-state index contributed by atoms with van der Waals surface area (Å²) in [5, 5.41) is 0. The fraction of sp³-hybridized carbons (Fsp3) is 0.652. The Morgan fingerprint density at radius 1 is 1.00 bits per heavy atom. The van der Waals surface area contributed by atoms with Crippen molar-refractivity contribution in [2.75, 3.05) is 52.9 Å². The van der Waals surface area contributed by atoms with Crippen molar-refractivity contribution in [1.82, 2.24) is 24.6 Å². The summed E-state index contributed by atoms with van der Waals surface area (Å²) in [4.78, 5) is 50.3. The van der Waals surface area contributed by atoms with Crippen LogP contribution in [0.15, 0.2) is 18.3 Å². The van der Waals surface area contributed by atoms with E-state index >= 15 is 0 Å². The van der Waals surface area contributed by atoms with Crippen molar-refractivity contribution < 1.29 is 14.4 Å². The topological polar surface area (TPSA) is 77.1 Å². The molecule has 3 amide bonds. The minimum absolute atomic E-state index is 0.00265. The van der Waals surface area contributed by atoms with Gasteiger partial charge in [-0.1, -0.05) is 6.42 Å². The zero-order chi connectivity index (χ0) is 21.8. The standard InChI is InChI=1S/C23H33N5O3/c1-25-12-14-26(15-13-25)23(31)18-8-9-19(24-16-18)20-6-5-11-28(20)22(30)17-27-10-4-2-3-7-21(27)29/h8-9,16,20H,2-7,10-15,17H2,1H3. The molecule has 1 unspecified atom stereocenters. The highest BCUT2D eigenvalue weighted by atomic mass is 16.2. The van der Waals surface area contributed by atoms with Gasteiger partial charge in [0, 0.05) is 51.9 Å².